The molecule has 0 saturated heterocycles. The van der Waals surface area contributed by atoms with E-state index in [-0.39, 0.29) is 11.0 Å². The monoisotopic (exact) mass is 435 g/mol. The van der Waals surface area contributed by atoms with Gasteiger partial charge in [0.2, 0.25) is 0 Å². The van der Waals surface area contributed by atoms with Crippen molar-refractivity contribution in [1.82, 2.24) is 0 Å². The van der Waals surface area contributed by atoms with Gasteiger partial charge in [-0.15, -0.1) is 0 Å². The van der Waals surface area contributed by atoms with Gasteiger partial charge in [-0.25, -0.2) is 0 Å². The smallest absolute Gasteiger partial charge is 0.167 e. The molecule has 1 heterocycles. The molecule has 0 aromatic heterocycles. The number of Topliss-reactive ketones (excluding diaryl/α,β-unsaturated/α-hetero) is 1. The van der Waals surface area contributed by atoms with Gasteiger partial charge in [0.15, 0.2) is 5.78 Å². The molecule has 0 fully saturated rings. The molecule has 4 rings (SSSR count). The second-order valence-electron chi connectivity index (χ2n) is 6.35. The Hall–Kier alpha value is -2.30. The molecule has 0 amide bonds. The molecule has 1 N–H and O–H groups in total. The van der Waals surface area contributed by atoms with Gasteiger partial charge in [-0.3, -0.25) is 4.79 Å². The average Bonchev–Trinajstić information content (AvgIpc) is 2.71. The predicted molar refractivity (Wildman–Crippen MR) is 118 cm³/mol. The lowest BCUT2D eigenvalue weighted by Crippen LogP contribution is -2.17. The zero-order valence-electron chi connectivity index (χ0n) is 14.6. The second-order valence-corrected chi connectivity index (χ2v) is 8.48. The number of nitrogens with one attached hydrogen (secondary N) is 1. The number of thioether (sulfide) groups is 1. The van der Waals surface area contributed by atoms with Gasteiger partial charge in [-0.2, -0.15) is 0 Å². The molecule has 3 aromatic carbocycles. The first-order valence-electron chi connectivity index (χ1n) is 8.78. The summed E-state index contributed by atoms with van der Waals surface area (Å²) in [7, 11) is 0. The topological polar surface area (TPSA) is 29.1 Å². The molecule has 27 heavy (non-hydrogen) atoms. The van der Waals surface area contributed by atoms with E-state index in [0.717, 1.165) is 26.3 Å². The first-order valence-corrected chi connectivity index (χ1v) is 10.4. The van der Waals surface area contributed by atoms with Crippen molar-refractivity contribution in [2.45, 2.75) is 11.7 Å². The van der Waals surface area contributed by atoms with E-state index in [2.05, 4.69) is 33.4 Å². The number of carbonyl (C=O) groups is 1. The minimum atomic E-state index is 0.115. The number of anilines is 1. The lowest BCUT2D eigenvalue weighted by molar-refractivity contribution is -0.113. The normalized spacial score (nSPS) is 17.1. The summed E-state index contributed by atoms with van der Waals surface area (Å²) >= 11 is 5.20. The van der Waals surface area contributed by atoms with Crippen molar-refractivity contribution in [2.24, 2.45) is 0 Å². The molecule has 0 aliphatic carbocycles. The number of carbonyl (C=O) groups excluding carboxylic acids is 1. The van der Waals surface area contributed by atoms with Crippen LogP contribution >= 0.6 is 27.7 Å². The van der Waals surface area contributed by atoms with Gasteiger partial charge in [0.1, 0.15) is 0 Å². The van der Waals surface area contributed by atoms with Crippen LogP contribution in [0.15, 0.2) is 94.4 Å². The fourth-order valence-corrected chi connectivity index (χ4v) is 4.75. The van der Waals surface area contributed by atoms with Crippen molar-refractivity contribution < 1.29 is 4.79 Å². The van der Waals surface area contributed by atoms with Crippen LogP contribution in [0, 0.1) is 0 Å². The van der Waals surface area contributed by atoms with Crippen LogP contribution in [0.25, 0.3) is 5.57 Å². The summed E-state index contributed by atoms with van der Waals surface area (Å²) in [6, 6.07) is 28.2. The van der Waals surface area contributed by atoms with Gasteiger partial charge >= 0.3 is 0 Å². The maximum atomic E-state index is 13.1. The van der Waals surface area contributed by atoms with Crippen LogP contribution in [0.2, 0.25) is 0 Å². The van der Waals surface area contributed by atoms with Gasteiger partial charge in [-0.1, -0.05) is 88.4 Å². The maximum absolute atomic E-state index is 13.1. The van der Waals surface area contributed by atoms with E-state index in [1.807, 2.05) is 72.8 Å². The Bertz CT molecular complexity index is 968. The third-order valence-electron chi connectivity index (χ3n) is 4.47. The predicted octanol–water partition coefficient (Wildman–Crippen LogP) is 6.68. The van der Waals surface area contributed by atoms with Crippen LogP contribution in [0.5, 0.6) is 0 Å². The molecule has 4 heteroatoms. The molecule has 1 aliphatic rings. The molecule has 2 nitrogen and oxygen atoms in total. The van der Waals surface area contributed by atoms with E-state index in [9.17, 15) is 4.79 Å². The minimum absolute atomic E-state index is 0.115. The first-order chi connectivity index (χ1) is 13.2. The van der Waals surface area contributed by atoms with E-state index in [1.54, 1.807) is 11.8 Å². The van der Waals surface area contributed by atoms with Gasteiger partial charge in [0, 0.05) is 21.8 Å². The Labute approximate surface area is 171 Å². The van der Waals surface area contributed by atoms with Crippen LogP contribution in [0.4, 0.5) is 5.69 Å². The highest BCUT2D eigenvalue weighted by Crippen LogP contribution is 2.46. The molecule has 0 radical (unpaired) electrons. The number of hydrogen-bond donors (Lipinski definition) is 1. The molecule has 1 atom stereocenters. The fraction of sp³-hybridized carbons (Fsp3) is 0.0870. The van der Waals surface area contributed by atoms with Crippen molar-refractivity contribution in [1.29, 1.82) is 0 Å². The summed E-state index contributed by atoms with van der Waals surface area (Å²) in [4.78, 5) is 13.1. The lowest BCUT2D eigenvalue weighted by Gasteiger charge is -2.27. The summed E-state index contributed by atoms with van der Waals surface area (Å²) < 4.78 is 1.03. The molecular weight excluding hydrogens is 418 g/mol. The summed E-state index contributed by atoms with van der Waals surface area (Å²) in [5, 5.41) is 4.51. The van der Waals surface area contributed by atoms with E-state index in [1.165, 1.54) is 5.56 Å². The van der Waals surface area contributed by atoms with Crippen molar-refractivity contribution >= 4 is 44.7 Å². The zero-order valence-corrected chi connectivity index (χ0v) is 17.0. The summed E-state index contributed by atoms with van der Waals surface area (Å²) in [6.07, 6.45) is 0.504. The highest BCUT2D eigenvalue weighted by molar-refractivity contribution is 9.10. The van der Waals surface area contributed by atoms with Gasteiger partial charge in [-0.05, 0) is 35.4 Å². The van der Waals surface area contributed by atoms with Crippen molar-refractivity contribution in [3.8, 4) is 0 Å². The van der Waals surface area contributed by atoms with Crippen LogP contribution in [-0.2, 0) is 4.79 Å². The highest BCUT2D eigenvalue weighted by atomic mass is 79.9. The van der Waals surface area contributed by atoms with Crippen molar-refractivity contribution in [3.63, 3.8) is 0 Å². The lowest BCUT2D eigenvalue weighted by atomic mass is 9.97. The Kier molecular flexibility index (Phi) is 5.46. The molecule has 0 spiro atoms. The SMILES string of the molecule is O=C1CC(c2ccccc2)SC(Nc2ccc(Br)cc2)=C1c1ccccc1. The number of ketones is 1. The number of allylic oxidation sites excluding steroid dienone is 1. The summed E-state index contributed by atoms with van der Waals surface area (Å²) in [5.74, 6) is 0.174. The molecule has 0 saturated carbocycles. The molecular formula is C23H18BrNOS. The third kappa shape index (κ3) is 4.18. The average molecular weight is 436 g/mol. The maximum Gasteiger partial charge on any atom is 0.167 e. The number of benzene rings is 3. The Morgan fingerprint density at radius 2 is 1.48 bits per heavy atom. The van der Waals surface area contributed by atoms with Gasteiger partial charge in [0.05, 0.1) is 10.6 Å². The van der Waals surface area contributed by atoms with E-state index in [4.69, 9.17) is 0 Å². The Morgan fingerprint density at radius 1 is 0.852 bits per heavy atom. The molecule has 0 bridgehead atoms. The standard InChI is InChI=1S/C23H18BrNOS/c24-18-11-13-19(14-12-18)25-23-22(17-9-5-2-6-10-17)20(26)15-21(27-23)16-7-3-1-4-8-16/h1-14,21,25H,15H2. The van der Waals surface area contributed by atoms with E-state index >= 15 is 0 Å². The zero-order chi connectivity index (χ0) is 18.6. The van der Waals surface area contributed by atoms with Crippen LogP contribution in [0.3, 0.4) is 0 Å². The van der Waals surface area contributed by atoms with Crippen molar-refractivity contribution in [3.05, 3.63) is 106 Å². The first kappa shape index (κ1) is 18.1. The van der Waals surface area contributed by atoms with Crippen LogP contribution < -0.4 is 5.32 Å². The minimum Gasteiger partial charge on any atom is -0.350 e. The largest absolute Gasteiger partial charge is 0.350 e. The number of hydrogen-bond acceptors (Lipinski definition) is 3. The van der Waals surface area contributed by atoms with E-state index in [0.29, 0.717) is 6.42 Å². The van der Waals surface area contributed by atoms with Crippen LogP contribution in [-0.4, -0.2) is 5.78 Å². The quantitative estimate of drug-likeness (QED) is 0.495. The fourth-order valence-electron chi connectivity index (χ4n) is 3.15. The number of rotatable bonds is 4. The molecule has 1 aliphatic heterocycles. The Balaban J connectivity index is 1.75. The van der Waals surface area contributed by atoms with E-state index < -0.39 is 0 Å². The second kappa shape index (κ2) is 8.15. The van der Waals surface area contributed by atoms with Crippen molar-refractivity contribution in [2.75, 3.05) is 5.32 Å². The third-order valence-corrected chi connectivity index (χ3v) is 6.27. The number of halogens is 1. The van der Waals surface area contributed by atoms with Gasteiger partial charge < -0.3 is 5.32 Å². The van der Waals surface area contributed by atoms with Crippen LogP contribution in [0.1, 0.15) is 22.8 Å². The van der Waals surface area contributed by atoms with Gasteiger partial charge in [0.25, 0.3) is 0 Å². The molecule has 1 unspecified atom stereocenters. The summed E-state index contributed by atoms with van der Waals surface area (Å²) in [6.45, 7) is 0. The highest BCUT2D eigenvalue weighted by Gasteiger charge is 2.30. The molecule has 134 valence electrons. The summed E-state index contributed by atoms with van der Waals surface area (Å²) in [5.41, 5.74) is 3.88. The molecule has 3 aromatic rings. The Morgan fingerprint density at radius 3 is 2.15 bits per heavy atom.